The number of ether oxygens (including phenoxy) is 3. The zero-order valence-corrected chi connectivity index (χ0v) is 33.3. The van der Waals surface area contributed by atoms with Crippen LogP contribution in [0.3, 0.4) is 0 Å². The van der Waals surface area contributed by atoms with Gasteiger partial charge >= 0.3 is 12.1 Å². The van der Waals surface area contributed by atoms with Crippen LogP contribution in [0.5, 0.6) is 11.6 Å². The molecule has 2 N–H and O–H groups in total. The minimum Gasteiger partial charge on any atom is -0.488 e. The number of carbonyl (C=O) groups is 2. The molecule has 0 fully saturated rings. The second-order valence-corrected chi connectivity index (χ2v) is 18.3. The van der Waals surface area contributed by atoms with E-state index in [4.69, 9.17) is 14.2 Å². The van der Waals surface area contributed by atoms with Crippen molar-refractivity contribution in [3.05, 3.63) is 95.7 Å². The highest BCUT2D eigenvalue weighted by molar-refractivity contribution is 8.00. The van der Waals surface area contributed by atoms with E-state index in [1.54, 1.807) is 43.7 Å². The lowest BCUT2D eigenvalue weighted by Gasteiger charge is -2.34. The lowest BCUT2D eigenvalue weighted by Crippen LogP contribution is -2.50. The maximum atomic E-state index is 14.0. The molecule has 284 valence electrons. The molecule has 11 heteroatoms. The highest BCUT2D eigenvalue weighted by atomic mass is 32.2. The van der Waals surface area contributed by atoms with Gasteiger partial charge < -0.3 is 24.3 Å². The molecule has 3 aromatic carbocycles. The molecule has 0 bridgehead atoms. The molecule has 2 aromatic heterocycles. The van der Waals surface area contributed by atoms with Gasteiger partial charge in [0.1, 0.15) is 17.5 Å². The standard InChI is InChI=1S/C43H50N4O6S/c1-41(2,3)53-40(50)47-34-13-11-10-12-28(34)23-35(47)36(22-26-14-16-27(17-15-26)31-20-21-37(51-9)46-45-31)52-29-18-19-32-30(24-29)38(54-42(4,5)6)33(44-32)25-43(7,8)39(48)49/h10-21,24,35-36,44H,22-23,25H2,1-9H3,(H,48,49)/t35-,36?/m0/s1. The normalized spacial score (nSPS) is 15.2. The van der Waals surface area contributed by atoms with Crippen molar-refractivity contribution in [1.29, 1.82) is 0 Å². The van der Waals surface area contributed by atoms with E-state index in [0.717, 1.165) is 49.6 Å². The Morgan fingerprint density at radius 1 is 0.944 bits per heavy atom. The van der Waals surface area contributed by atoms with E-state index < -0.39 is 29.2 Å². The number of methoxy groups -OCH3 is 1. The lowest BCUT2D eigenvalue weighted by molar-refractivity contribution is -0.146. The second-order valence-electron chi connectivity index (χ2n) is 16.5. The number of fused-ring (bicyclic) bond motifs is 2. The number of carboxylic acids is 1. The van der Waals surface area contributed by atoms with Crippen LogP contribution in [-0.2, 0) is 28.8 Å². The zero-order valence-electron chi connectivity index (χ0n) is 32.5. The first-order chi connectivity index (χ1) is 25.4. The maximum Gasteiger partial charge on any atom is 0.415 e. The van der Waals surface area contributed by atoms with E-state index in [0.29, 0.717) is 30.9 Å². The number of hydrogen-bond acceptors (Lipinski definition) is 8. The minimum absolute atomic E-state index is 0.135. The van der Waals surface area contributed by atoms with Crippen LogP contribution in [0.25, 0.3) is 22.2 Å². The van der Waals surface area contributed by atoms with Gasteiger partial charge in [0.15, 0.2) is 0 Å². The summed E-state index contributed by atoms with van der Waals surface area (Å²) in [6.45, 7) is 15.6. The number of H-pyrrole nitrogens is 1. The summed E-state index contributed by atoms with van der Waals surface area (Å²) in [5.41, 5.74) is 4.67. The molecule has 0 radical (unpaired) electrons. The molecule has 1 amide bonds. The Labute approximate surface area is 321 Å². The molecule has 5 aromatic rings. The van der Waals surface area contributed by atoms with E-state index in [1.165, 1.54) is 0 Å². The van der Waals surface area contributed by atoms with E-state index in [1.807, 2.05) is 75.4 Å². The molecule has 3 heterocycles. The summed E-state index contributed by atoms with van der Waals surface area (Å²) < 4.78 is 18.0. The molecule has 1 unspecified atom stereocenters. The molecule has 0 spiro atoms. The van der Waals surface area contributed by atoms with E-state index >= 15 is 0 Å². The Morgan fingerprint density at radius 3 is 2.30 bits per heavy atom. The number of aromatic amines is 1. The summed E-state index contributed by atoms with van der Waals surface area (Å²) in [6.07, 6.45) is 0.537. The number of amides is 1. The fourth-order valence-electron chi connectivity index (χ4n) is 6.65. The van der Waals surface area contributed by atoms with Crippen LogP contribution in [0.15, 0.2) is 83.8 Å². The number of carboxylic acid groups (broad SMARTS) is 1. The molecule has 10 nitrogen and oxygen atoms in total. The van der Waals surface area contributed by atoms with Gasteiger partial charge in [-0.2, -0.15) is 0 Å². The summed E-state index contributed by atoms with van der Waals surface area (Å²) in [5, 5.41) is 19.3. The van der Waals surface area contributed by atoms with Gasteiger partial charge in [0.05, 0.1) is 29.9 Å². The SMILES string of the molecule is COc1ccc(-c2ccc(CC(Oc3ccc4[nH]c(CC(C)(C)C(=O)O)c(SC(C)(C)C)c4c3)[C@@H]3Cc4ccccc4N3C(=O)OC(C)(C)C)cc2)nn1. The van der Waals surface area contributed by atoms with Crippen molar-refractivity contribution >= 4 is 40.4 Å². The Balaban J connectivity index is 1.40. The first-order valence-corrected chi connectivity index (χ1v) is 19.0. The number of para-hydroxylation sites is 1. The van der Waals surface area contributed by atoms with Crippen molar-refractivity contribution in [1.82, 2.24) is 15.2 Å². The fourth-order valence-corrected chi connectivity index (χ4v) is 7.79. The predicted octanol–water partition coefficient (Wildman–Crippen LogP) is 9.53. The van der Waals surface area contributed by atoms with Crippen LogP contribution < -0.4 is 14.4 Å². The third kappa shape index (κ3) is 8.84. The van der Waals surface area contributed by atoms with Crippen molar-refractivity contribution in [2.24, 2.45) is 5.41 Å². The Kier molecular flexibility index (Phi) is 10.8. The number of aliphatic carboxylic acids is 1. The topological polar surface area (TPSA) is 127 Å². The number of carbonyl (C=O) groups excluding carboxylic acids is 1. The van der Waals surface area contributed by atoms with E-state index in [2.05, 4.69) is 54.2 Å². The molecule has 0 aliphatic carbocycles. The second kappa shape index (κ2) is 15.0. The molecule has 0 saturated heterocycles. The zero-order chi connectivity index (χ0) is 39.0. The molecule has 1 aliphatic heterocycles. The lowest BCUT2D eigenvalue weighted by atomic mass is 9.88. The van der Waals surface area contributed by atoms with Gasteiger partial charge in [-0.05, 0) is 82.5 Å². The van der Waals surface area contributed by atoms with Gasteiger partial charge in [-0.15, -0.1) is 22.0 Å². The summed E-state index contributed by atoms with van der Waals surface area (Å²) in [7, 11) is 1.56. The number of benzene rings is 3. The van der Waals surface area contributed by atoms with Gasteiger partial charge in [0.25, 0.3) is 0 Å². The first-order valence-electron chi connectivity index (χ1n) is 18.2. The largest absolute Gasteiger partial charge is 0.488 e. The number of nitrogens with zero attached hydrogens (tertiary/aromatic N) is 3. The van der Waals surface area contributed by atoms with Crippen molar-refractivity contribution in [2.45, 2.75) is 102 Å². The average Bonchev–Trinajstić information content (AvgIpc) is 3.64. The summed E-state index contributed by atoms with van der Waals surface area (Å²) >= 11 is 1.71. The number of nitrogens with one attached hydrogen (secondary N) is 1. The Morgan fingerprint density at radius 2 is 1.67 bits per heavy atom. The quantitative estimate of drug-likeness (QED) is 0.127. The molecule has 54 heavy (non-hydrogen) atoms. The van der Waals surface area contributed by atoms with Crippen molar-refractivity contribution < 1.29 is 28.9 Å². The van der Waals surface area contributed by atoms with Gasteiger partial charge in [-0.3, -0.25) is 9.69 Å². The number of aromatic nitrogens is 3. The number of hydrogen-bond donors (Lipinski definition) is 2. The monoisotopic (exact) mass is 750 g/mol. The third-order valence-electron chi connectivity index (χ3n) is 9.26. The van der Waals surface area contributed by atoms with Crippen molar-refractivity contribution in [3.63, 3.8) is 0 Å². The van der Waals surface area contributed by atoms with E-state index in [9.17, 15) is 14.7 Å². The molecule has 1 aliphatic rings. The first kappa shape index (κ1) is 38.7. The molecule has 0 saturated carbocycles. The Bertz CT molecular complexity index is 2130. The highest BCUT2D eigenvalue weighted by Crippen LogP contribution is 2.43. The average molecular weight is 751 g/mol. The van der Waals surface area contributed by atoms with Crippen LogP contribution in [0.2, 0.25) is 0 Å². The molecule has 2 atom stereocenters. The van der Waals surface area contributed by atoms with E-state index in [-0.39, 0.29) is 10.8 Å². The van der Waals surface area contributed by atoms with Gasteiger partial charge in [0, 0.05) is 50.7 Å². The molecular weight excluding hydrogens is 701 g/mol. The van der Waals surface area contributed by atoms with Crippen molar-refractivity contribution in [3.8, 4) is 22.9 Å². The number of thioether (sulfide) groups is 1. The third-order valence-corrected chi connectivity index (χ3v) is 10.5. The highest BCUT2D eigenvalue weighted by Gasteiger charge is 2.42. The smallest absolute Gasteiger partial charge is 0.415 e. The Hall–Kier alpha value is -5.03. The van der Waals surface area contributed by atoms with Crippen LogP contribution in [-0.4, -0.2) is 62.0 Å². The number of anilines is 1. The predicted molar refractivity (Wildman–Crippen MR) is 214 cm³/mol. The van der Waals surface area contributed by atoms with Gasteiger partial charge in [0.2, 0.25) is 5.88 Å². The van der Waals surface area contributed by atoms with Crippen molar-refractivity contribution in [2.75, 3.05) is 12.0 Å². The molecular formula is C43H50N4O6S. The van der Waals surface area contributed by atoms with Gasteiger partial charge in [-0.25, -0.2) is 4.79 Å². The van der Waals surface area contributed by atoms with Crippen LogP contribution in [0.1, 0.15) is 72.2 Å². The van der Waals surface area contributed by atoms with Crippen LogP contribution >= 0.6 is 11.8 Å². The summed E-state index contributed by atoms with van der Waals surface area (Å²) in [4.78, 5) is 32.4. The minimum atomic E-state index is -0.962. The summed E-state index contributed by atoms with van der Waals surface area (Å²) in [6, 6.07) is 25.3. The maximum absolute atomic E-state index is 14.0. The van der Waals surface area contributed by atoms with Gasteiger partial charge in [-0.1, -0.05) is 63.2 Å². The number of rotatable bonds is 11. The van der Waals surface area contributed by atoms with Crippen LogP contribution in [0.4, 0.5) is 10.5 Å². The fraction of sp³-hybridized carbons (Fsp3) is 0.395. The molecule has 6 rings (SSSR count). The van der Waals surface area contributed by atoms with Crippen LogP contribution in [0, 0.1) is 5.41 Å². The summed E-state index contributed by atoms with van der Waals surface area (Å²) in [5.74, 6) is 0.248.